The fourth-order valence-corrected chi connectivity index (χ4v) is 2.70. The van der Waals surface area contributed by atoms with Crippen LogP contribution in [-0.2, 0) is 4.79 Å². The Kier molecular flexibility index (Phi) is 2.52. The highest BCUT2D eigenvalue weighted by molar-refractivity contribution is 5.73. The molecule has 0 atom stereocenters. The molecule has 2 heterocycles. The van der Waals surface area contributed by atoms with E-state index in [1.807, 2.05) is 4.90 Å². The summed E-state index contributed by atoms with van der Waals surface area (Å²) in [6.07, 6.45) is 3.76. The molecule has 2 fully saturated rings. The first-order valence-corrected chi connectivity index (χ1v) is 5.55. The Bertz CT molecular complexity index is 231. The molecule has 0 aromatic carbocycles. The number of amides is 1. The molecule has 0 bridgehead atoms. The maximum atomic E-state index is 11.3. The van der Waals surface area contributed by atoms with Crippen molar-refractivity contribution in [1.29, 1.82) is 0 Å². The average molecular weight is 196 g/mol. The van der Waals surface area contributed by atoms with Crippen molar-refractivity contribution in [3.8, 4) is 0 Å². The van der Waals surface area contributed by atoms with Gasteiger partial charge in [0, 0.05) is 20.0 Å². The summed E-state index contributed by atoms with van der Waals surface area (Å²) in [5.74, 6) is 0.251. The van der Waals surface area contributed by atoms with E-state index in [1.165, 1.54) is 32.4 Å². The topological polar surface area (TPSA) is 23.6 Å². The molecule has 0 aromatic rings. The van der Waals surface area contributed by atoms with Gasteiger partial charge in [0.1, 0.15) is 0 Å². The normalized spacial score (nSPS) is 27.1. The number of piperidine rings is 1. The third-order valence-corrected chi connectivity index (χ3v) is 3.93. The minimum absolute atomic E-state index is 0.251. The second kappa shape index (κ2) is 3.54. The summed E-state index contributed by atoms with van der Waals surface area (Å²) in [6, 6.07) is 0. The van der Waals surface area contributed by atoms with Gasteiger partial charge in [-0.1, -0.05) is 0 Å². The van der Waals surface area contributed by atoms with Crippen LogP contribution in [0.2, 0.25) is 0 Å². The van der Waals surface area contributed by atoms with Crippen LogP contribution in [0.4, 0.5) is 0 Å². The summed E-state index contributed by atoms with van der Waals surface area (Å²) in [7, 11) is 2.19. The number of carbonyl (C=O) groups excluding carboxylic acids is 1. The molecule has 0 unspecified atom stereocenters. The van der Waals surface area contributed by atoms with Crippen LogP contribution in [0.5, 0.6) is 0 Å². The predicted molar refractivity (Wildman–Crippen MR) is 56.0 cm³/mol. The number of hydrogen-bond acceptors (Lipinski definition) is 2. The number of hydrogen-bond donors (Lipinski definition) is 0. The van der Waals surface area contributed by atoms with E-state index < -0.39 is 0 Å². The lowest BCUT2D eigenvalue weighted by Gasteiger charge is -2.37. The second-order valence-corrected chi connectivity index (χ2v) is 4.99. The van der Waals surface area contributed by atoms with E-state index in [1.54, 1.807) is 6.92 Å². The molecule has 80 valence electrons. The molecule has 0 aromatic heterocycles. The largest absolute Gasteiger partial charge is 0.342 e. The van der Waals surface area contributed by atoms with E-state index in [0.29, 0.717) is 5.41 Å². The predicted octanol–water partition coefficient (Wildman–Crippen LogP) is 0.951. The molecule has 2 aliphatic rings. The highest BCUT2D eigenvalue weighted by Crippen LogP contribution is 2.39. The third-order valence-electron chi connectivity index (χ3n) is 3.93. The lowest BCUT2D eigenvalue weighted by molar-refractivity contribution is -0.128. The average Bonchev–Trinajstić information content (AvgIpc) is 2.56. The molecule has 3 nitrogen and oxygen atoms in total. The van der Waals surface area contributed by atoms with Gasteiger partial charge in [-0.25, -0.2) is 0 Å². The zero-order valence-corrected chi connectivity index (χ0v) is 9.25. The molecule has 0 aliphatic carbocycles. The van der Waals surface area contributed by atoms with Gasteiger partial charge >= 0.3 is 0 Å². The van der Waals surface area contributed by atoms with Gasteiger partial charge in [0.05, 0.1) is 0 Å². The van der Waals surface area contributed by atoms with Crippen molar-refractivity contribution in [3.05, 3.63) is 0 Å². The van der Waals surface area contributed by atoms with E-state index in [2.05, 4.69) is 11.9 Å². The zero-order chi connectivity index (χ0) is 10.2. The Morgan fingerprint density at radius 3 is 2.21 bits per heavy atom. The molecule has 0 radical (unpaired) electrons. The lowest BCUT2D eigenvalue weighted by atomic mass is 9.78. The van der Waals surface area contributed by atoms with Crippen molar-refractivity contribution in [2.45, 2.75) is 26.2 Å². The van der Waals surface area contributed by atoms with Gasteiger partial charge in [-0.05, 0) is 44.8 Å². The molecule has 0 saturated carbocycles. The fourth-order valence-electron chi connectivity index (χ4n) is 2.70. The monoisotopic (exact) mass is 196 g/mol. The maximum absolute atomic E-state index is 11.3. The van der Waals surface area contributed by atoms with Gasteiger partial charge in [0.2, 0.25) is 5.91 Å². The molecular weight excluding hydrogens is 176 g/mol. The van der Waals surface area contributed by atoms with E-state index in [9.17, 15) is 4.79 Å². The van der Waals surface area contributed by atoms with E-state index in [0.717, 1.165) is 13.1 Å². The molecular formula is C11H20N2O. The SMILES string of the molecule is CC(=O)N1CCC2(CCN(C)CC2)C1. The van der Waals surface area contributed by atoms with Gasteiger partial charge in [-0.15, -0.1) is 0 Å². The van der Waals surface area contributed by atoms with Crippen LogP contribution in [0.1, 0.15) is 26.2 Å². The van der Waals surface area contributed by atoms with Crippen LogP contribution in [0, 0.1) is 5.41 Å². The molecule has 1 amide bonds. The van der Waals surface area contributed by atoms with Gasteiger partial charge in [0.15, 0.2) is 0 Å². The van der Waals surface area contributed by atoms with Crippen LogP contribution in [0.3, 0.4) is 0 Å². The van der Waals surface area contributed by atoms with Crippen LogP contribution in [0.15, 0.2) is 0 Å². The van der Waals surface area contributed by atoms with Crippen LogP contribution >= 0.6 is 0 Å². The first kappa shape index (κ1) is 9.97. The Morgan fingerprint density at radius 1 is 1.14 bits per heavy atom. The van der Waals surface area contributed by atoms with Crippen LogP contribution in [-0.4, -0.2) is 48.9 Å². The van der Waals surface area contributed by atoms with Crippen molar-refractivity contribution < 1.29 is 4.79 Å². The van der Waals surface area contributed by atoms with Crippen molar-refractivity contribution in [2.75, 3.05) is 33.2 Å². The Hall–Kier alpha value is -0.570. The minimum Gasteiger partial charge on any atom is -0.342 e. The van der Waals surface area contributed by atoms with Crippen LogP contribution in [0.25, 0.3) is 0 Å². The smallest absolute Gasteiger partial charge is 0.219 e. The second-order valence-electron chi connectivity index (χ2n) is 4.99. The van der Waals surface area contributed by atoms with E-state index in [-0.39, 0.29) is 5.91 Å². The van der Waals surface area contributed by atoms with Crippen LogP contribution < -0.4 is 0 Å². The summed E-state index contributed by atoms with van der Waals surface area (Å²) in [6.45, 7) is 6.08. The van der Waals surface area contributed by atoms with Gasteiger partial charge in [-0.3, -0.25) is 4.79 Å². The van der Waals surface area contributed by atoms with E-state index in [4.69, 9.17) is 0 Å². The van der Waals surface area contributed by atoms with Crippen molar-refractivity contribution in [2.24, 2.45) is 5.41 Å². The highest BCUT2D eigenvalue weighted by atomic mass is 16.2. The zero-order valence-electron chi connectivity index (χ0n) is 9.25. The molecule has 3 heteroatoms. The number of carbonyl (C=O) groups is 1. The molecule has 2 saturated heterocycles. The lowest BCUT2D eigenvalue weighted by Crippen LogP contribution is -2.40. The van der Waals surface area contributed by atoms with E-state index >= 15 is 0 Å². The Balaban J connectivity index is 1.96. The van der Waals surface area contributed by atoms with Crippen molar-refractivity contribution >= 4 is 5.91 Å². The quantitative estimate of drug-likeness (QED) is 0.576. The summed E-state index contributed by atoms with van der Waals surface area (Å²) < 4.78 is 0. The molecule has 2 aliphatic heterocycles. The number of nitrogens with zero attached hydrogens (tertiary/aromatic N) is 2. The van der Waals surface area contributed by atoms with Gasteiger partial charge < -0.3 is 9.80 Å². The summed E-state index contributed by atoms with van der Waals surface area (Å²) >= 11 is 0. The number of rotatable bonds is 0. The summed E-state index contributed by atoms with van der Waals surface area (Å²) in [5, 5.41) is 0. The maximum Gasteiger partial charge on any atom is 0.219 e. The first-order valence-electron chi connectivity index (χ1n) is 5.55. The summed E-state index contributed by atoms with van der Waals surface area (Å²) in [4.78, 5) is 15.7. The molecule has 14 heavy (non-hydrogen) atoms. The Labute approximate surface area is 86.1 Å². The fraction of sp³-hybridized carbons (Fsp3) is 0.909. The molecule has 1 spiro atoms. The third kappa shape index (κ3) is 1.78. The number of likely N-dealkylation sites (tertiary alicyclic amines) is 2. The first-order chi connectivity index (χ1) is 6.61. The summed E-state index contributed by atoms with van der Waals surface area (Å²) in [5.41, 5.74) is 0.470. The van der Waals surface area contributed by atoms with Gasteiger partial charge in [-0.2, -0.15) is 0 Å². The standard InChI is InChI=1S/C11H20N2O/c1-10(14)13-8-5-11(9-13)3-6-12(2)7-4-11/h3-9H2,1-2H3. The van der Waals surface area contributed by atoms with Crippen molar-refractivity contribution in [3.63, 3.8) is 0 Å². The van der Waals surface area contributed by atoms with Crippen molar-refractivity contribution in [1.82, 2.24) is 9.80 Å². The highest BCUT2D eigenvalue weighted by Gasteiger charge is 2.40. The molecule has 2 rings (SSSR count). The Morgan fingerprint density at radius 2 is 1.71 bits per heavy atom. The molecule has 0 N–H and O–H groups in total. The minimum atomic E-state index is 0.251. The van der Waals surface area contributed by atoms with Gasteiger partial charge in [0.25, 0.3) is 0 Å².